The van der Waals surface area contributed by atoms with Gasteiger partial charge < -0.3 is 4.74 Å². The van der Waals surface area contributed by atoms with Gasteiger partial charge in [-0.1, -0.05) is 18.2 Å². The number of carbonyl (C=O) groups is 1. The largest absolute Gasteiger partial charge is 0.496 e. The number of nitriles is 1. The average Bonchev–Trinajstić information content (AvgIpc) is 3.43. The molecule has 0 bridgehead atoms. The van der Waals surface area contributed by atoms with E-state index >= 15 is 0 Å². The van der Waals surface area contributed by atoms with Gasteiger partial charge in [-0.15, -0.1) is 0 Å². The molecule has 1 aliphatic rings. The monoisotopic (exact) mass is 388 g/mol. The molecule has 0 saturated heterocycles. The molecule has 1 amide bonds. The number of amides is 1. The highest BCUT2D eigenvalue weighted by Gasteiger charge is 2.52. The van der Waals surface area contributed by atoms with Crippen LogP contribution < -0.4 is 9.46 Å². The third-order valence-electron chi connectivity index (χ3n) is 4.75. The summed E-state index contributed by atoms with van der Waals surface area (Å²) in [5.74, 6) is -1.06. The van der Waals surface area contributed by atoms with Gasteiger partial charge in [0, 0.05) is 0 Å². The Morgan fingerprint density at radius 1 is 1.30 bits per heavy atom. The molecule has 0 spiro atoms. The molecule has 3 rings (SSSR count). The zero-order valence-corrected chi connectivity index (χ0v) is 15.6. The molecule has 27 heavy (non-hydrogen) atoms. The molecule has 0 aromatic heterocycles. The molecule has 0 radical (unpaired) electrons. The normalized spacial score (nSPS) is 14.9. The lowest BCUT2D eigenvalue weighted by Crippen LogP contribution is -2.39. The van der Waals surface area contributed by atoms with Crippen LogP contribution in [0.15, 0.2) is 41.3 Å². The number of hydrogen-bond donors (Lipinski definition) is 1. The van der Waals surface area contributed by atoms with Crippen molar-refractivity contribution in [1.82, 2.24) is 4.72 Å². The second-order valence-electron chi connectivity index (χ2n) is 6.43. The van der Waals surface area contributed by atoms with Crippen molar-refractivity contribution in [3.05, 3.63) is 58.9 Å². The first-order valence-corrected chi connectivity index (χ1v) is 9.64. The minimum Gasteiger partial charge on any atom is -0.496 e. The van der Waals surface area contributed by atoms with Crippen molar-refractivity contribution >= 4 is 15.9 Å². The quantitative estimate of drug-likeness (QED) is 0.849. The van der Waals surface area contributed by atoms with Gasteiger partial charge in [-0.2, -0.15) is 5.26 Å². The maximum atomic E-state index is 13.7. The molecule has 6 nitrogen and oxygen atoms in total. The summed E-state index contributed by atoms with van der Waals surface area (Å²) in [5.41, 5.74) is -0.0608. The maximum Gasteiger partial charge on any atom is 0.265 e. The number of rotatable bonds is 5. The van der Waals surface area contributed by atoms with Crippen LogP contribution in [0.4, 0.5) is 4.39 Å². The fraction of sp³-hybridized carbons (Fsp3) is 0.263. The summed E-state index contributed by atoms with van der Waals surface area (Å²) >= 11 is 0. The molecule has 2 aromatic carbocycles. The van der Waals surface area contributed by atoms with Crippen molar-refractivity contribution < 1.29 is 22.3 Å². The Balaban J connectivity index is 1.94. The minimum absolute atomic E-state index is 0.481. The van der Waals surface area contributed by atoms with Crippen molar-refractivity contribution in [1.29, 1.82) is 5.26 Å². The first kappa shape index (κ1) is 18.9. The highest BCUT2D eigenvalue weighted by molar-refractivity contribution is 7.90. The van der Waals surface area contributed by atoms with Crippen LogP contribution in [0.1, 0.15) is 29.5 Å². The van der Waals surface area contributed by atoms with Gasteiger partial charge in [0.05, 0.1) is 12.5 Å². The van der Waals surface area contributed by atoms with Gasteiger partial charge in [-0.3, -0.25) is 4.79 Å². The Morgan fingerprint density at radius 3 is 2.59 bits per heavy atom. The van der Waals surface area contributed by atoms with Crippen molar-refractivity contribution in [2.75, 3.05) is 7.11 Å². The minimum atomic E-state index is -4.39. The van der Waals surface area contributed by atoms with E-state index in [1.807, 2.05) is 11.6 Å². The summed E-state index contributed by atoms with van der Waals surface area (Å²) in [5, 5.41) is 9.05. The highest BCUT2D eigenvalue weighted by atomic mass is 32.2. The van der Waals surface area contributed by atoms with Gasteiger partial charge in [0.25, 0.3) is 10.0 Å². The summed E-state index contributed by atoms with van der Waals surface area (Å²) in [6.45, 7) is 1.86. The molecule has 1 saturated carbocycles. The number of benzene rings is 2. The van der Waals surface area contributed by atoms with E-state index in [1.165, 1.54) is 19.2 Å². The summed E-state index contributed by atoms with van der Waals surface area (Å²) in [4.78, 5) is 12.2. The first-order chi connectivity index (χ1) is 12.7. The van der Waals surface area contributed by atoms with E-state index in [2.05, 4.69) is 0 Å². The Labute approximate surface area is 156 Å². The SMILES string of the molecule is COc1cc(C2(C(=O)NS(=O)(=O)c3cccc(F)c3C#N)CC2)ccc1C. The summed E-state index contributed by atoms with van der Waals surface area (Å²) < 4.78 is 46.2. The number of hydrogen-bond acceptors (Lipinski definition) is 5. The lowest BCUT2D eigenvalue weighted by molar-refractivity contribution is -0.121. The lowest BCUT2D eigenvalue weighted by Gasteiger charge is -2.18. The summed E-state index contributed by atoms with van der Waals surface area (Å²) in [6, 6.07) is 10.1. The predicted octanol–water partition coefficient (Wildman–Crippen LogP) is 2.55. The Morgan fingerprint density at radius 2 is 2.00 bits per heavy atom. The molecule has 1 N–H and O–H groups in total. The van der Waals surface area contributed by atoms with Gasteiger partial charge in [-0.25, -0.2) is 17.5 Å². The van der Waals surface area contributed by atoms with Gasteiger partial charge in [-0.05, 0) is 49.1 Å². The predicted molar refractivity (Wildman–Crippen MR) is 95.1 cm³/mol. The molecule has 1 aliphatic carbocycles. The second-order valence-corrected chi connectivity index (χ2v) is 8.08. The molecule has 8 heteroatoms. The van der Waals surface area contributed by atoms with E-state index in [-0.39, 0.29) is 0 Å². The van der Waals surface area contributed by atoms with Gasteiger partial charge in [0.1, 0.15) is 28.1 Å². The van der Waals surface area contributed by atoms with E-state index in [4.69, 9.17) is 10.00 Å². The standard InChI is InChI=1S/C19H17FN2O4S/c1-12-6-7-13(10-16(12)26-2)19(8-9-19)18(23)22-27(24,25)17-5-3-4-15(20)14(17)11-21/h3-7,10H,8-9H2,1-2H3,(H,22,23). The fourth-order valence-electron chi connectivity index (χ4n) is 3.00. The van der Waals surface area contributed by atoms with Crippen LogP contribution in [-0.2, 0) is 20.2 Å². The van der Waals surface area contributed by atoms with Crippen LogP contribution in [0.25, 0.3) is 0 Å². The van der Waals surface area contributed by atoms with Crippen LogP contribution in [0.2, 0.25) is 0 Å². The smallest absolute Gasteiger partial charge is 0.265 e. The van der Waals surface area contributed by atoms with E-state index in [9.17, 15) is 17.6 Å². The third-order valence-corrected chi connectivity index (χ3v) is 6.12. The summed E-state index contributed by atoms with van der Waals surface area (Å²) in [7, 11) is -2.88. The van der Waals surface area contributed by atoms with Crippen molar-refractivity contribution in [3.8, 4) is 11.8 Å². The molecular weight excluding hydrogens is 371 g/mol. The Bertz CT molecular complexity index is 1070. The van der Waals surface area contributed by atoms with Crippen LogP contribution >= 0.6 is 0 Å². The number of nitrogens with zero attached hydrogens (tertiary/aromatic N) is 1. The van der Waals surface area contributed by atoms with E-state index < -0.39 is 37.6 Å². The first-order valence-electron chi connectivity index (χ1n) is 8.16. The van der Waals surface area contributed by atoms with Crippen LogP contribution in [-0.4, -0.2) is 21.4 Å². The number of ether oxygens (including phenoxy) is 1. The highest BCUT2D eigenvalue weighted by Crippen LogP contribution is 2.49. The number of sulfonamides is 1. The van der Waals surface area contributed by atoms with Crippen LogP contribution in [0.3, 0.4) is 0 Å². The zero-order valence-electron chi connectivity index (χ0n) is 14.7. The molecule has 0 aliphatic heterocycles. The number of methoxy groups -OCH3 is 1. The molecule has 140 valence electrons. The Kier molecular flexibility index (Phi) is 4.66. The molecule has 1 fully saturated rings. The van der Waals surface area contributed by atoms with Gasteiger partial charge in [0.2, 0.25) is 5.91 Å². The molecule has 0 unspecified atom stereocenters. The zero-order chi connectivity index (χ0) is 19.8. The van der Waals surface area contributed by atoms with Crippen molar-refractivity contribution in [3.63, 3.8) is 0 Å². The number of halogens is 1. The van der Waals surface area contributed by atoms with Gasteiger partial charge >= 0.3 is 0 Å². The van der Waals surface area contributed by atoms with Crippen molar-refractivity contribution in [2.45, 2.75) is 30.1 Å². The summed E-state index contributed by atoms with van der Waals surface area (Å²) in [6.07, 6.45) is 0.962. The fourth-order valence-corrected chi connectivity index (χ4v) is 4.22. The Hall–Kier alpha value is -2.92. The van der Waals surface area contributed by atoms with E-state index in [1.54, 1.807) is 18.2 Å². The molecule has 2 aromatic rings. The van der Waals surface area contributed by atoms with Gasteiger partial charge in [0.15, 0.2) is 0 Å². The molecule has 0 heterocycles. The van der Waals surface area contributed by atoms with E-state index in [0.29, 0.717) is 24.2 Å². The number of aryl methyl sites for hydroxylation is 1. The number of nitrogens with one attached hydrogen (secondary N) is 1. The van der Waals surface area contributed by atoms with E-state index in [0.717, 1.165) is 17.7 Å². The van der Waals surface area contributed by atoms with Crippen LogP contribution in [0.5, 0.6) is 5.75 Å². The molecular formula is C19H17FN2O4S. The number of carbonyl (C=O) groups excluding carboxylic acids is 1. The maximum absolute atomic E-state index is 13.7. The average molecular weight is 388 g/mol. The third kappa shape index (κ3) is 3.26. The lowest BCUT2D eigenvalue weighted by atomic mass is 9.94. The van der Waals surface area contributed by atoms with Crippen molar-refractivity contribution in [2.24, 2.45) is 0 Å². The second kappa shape index (κ2) is 6.67. The topological polar surface area (TPSA) is 96.3 Å². The van der Waals surface area contributed by atoms with Crippen LogP contribution in [0, 0.1) is 24.1 Å². The molecule has 0 atom stereocenters.